The minimum atomic E-state index is 1.06. The minimum absolute atomic E-state index is 1.06. The van der Waals surface area contributed by atoms with Gasteiger partial charge in [-0.05, 0) is 17.2 Å². The van der Waals surface area contributed by atoms with Crippen LogP contribution in [0.3, 0.4) is 0 Å². The second kappa shape index (κ2) is 4.30. The van der Waals surface area contributed by atoms with Gasteiger partial charge in [-0.15, -0.1) is 11.3 Å². The highest BCUT2D eigenvalue weighted by Gasteiger charge is 2.07. The zero-order valence-corrected chi connectivity index (χ0v) is 10.5. The summed E-state index contributed by atoms with van der Waals surface area (Å²) in [4.78, 5) is 5.87. The lowest BCUT2D eigenvalue weighted by molar-refractivity contribution is 1.17. The number of rotatable bonds is 2. The standard InChI is InChI=1S/C15H13NS/c1-2-12-10-16-15(17-12)14-9-5-7-11-6-3-4-8-13(11)14/h3-10H,2H2,1H3. The summed E-state index contributed by atoms with van der Waals surface area (Å²) in [5.41, 5.74) is 1.24. The van der Waals surface area contributed by atoms with Gasteiger partial charge in [-0.1, -0.05) is 49.4 Å². The first kappa shape index (κ1) is 10.5. The van der Waals surface area contributed by atoms with Crippen LogP contribution in [0.1, 0.15) is 11.8 Å². The number of hydrogen-bond donors (Lipinski definition) is 0. The van der Waals surface area contributed by atoms with E-state index in [4.69, 9.17) is 0 Å². The van der Waals surface area contributed by atoms with E-state index >= 15 is 0 Å². The molecule has 0 saturated carbocycles. The Balaban J connectivity index is 2.23. The quantitative estimate of drug-likeness (QED) is 0.640. The van der Waals surface area contributed by atoms with Gasteiger partial charge in [0.15, 0.2) is 0 Å². The maximum Gasteiger partial charge on any atom is 0.124 e. The Morgan fingerprint density at radius 1 is 1.06 bits per heavy atom. The maximum atomic E-state index is 4.53. The van der Waals surface area contributed by atoms with Gasteiger partial charge in [0.1, 0.15) is 5.01 Å². The lowest BCUT2D eigenvalue weighted by atomic mass is 10.1. The fourth-order valence-corrected chi connectivity index (χ4v) is 2.90. The van der Waals surface area contributed by atoms with Crippen LogP contribution in [0.4, 0.5) is 0 Å². The van der Waals surface area contributed by atoms with Gasteiger partial charge < -0.3 is 0 Å². The molecule has 2 aromatic carbocycles. The predicted molar refractivity (Wildman–Crippen MR) is 74.4 cm³/mol. The monoisotopic (exact) mass is 239 g/mol. The van der Waals surface area contributed by atoms with Crippen LogP contribution in [-0.4, -0.2) is 4.98 Å². The number of aromatic nitrogens is 1. The molecular weight excluding hydrogens is 226 g/mol. The van der Waals surface area contributed by atoms with Crippen molar-refractivity contribution >= 4 is 22.1 Å². The zero-order valence-electron chi connectivity index (χ0n) is 9.68. The van der Waals surface area contributed by atoms with Crippen LogP contribution in [0.15, 0.2) is 48.7 Å². The minimum Gasteiger partial charge on any atom is -0.244 e. The molecule has 0 bridgehead atoms. The van der Waals surface area contributed by atoms with Crippen LogP contribution >= 0.6 is 11.3 Å². The largest absolute Gasteiger partial charge is 0.244 e. The summed E-state index contributed by atoms with van der Waals surface area (Å²) in [6.07, 6.45) is 3.05. The fourth-order valence-electron chi connectivity index (χ4n) is 2.01. The molecule has 0 aliphatic rings. The van der Waals surface area contributed by atoms with Crippen LogP contribution in [0.25, 0.3) is 21.3 Å². The Bertz CT molecular complexity index is 649. The van der Waals surface area contributed by atoms with Crippen molar-refractivity contribution in [2.24, 2.45) is 0 Å². The number of thiazole rings is 1. The van der Waals surface area contributed by atoms with E-state index in [1.807, 2.05) is 6.20 Å². The molecule has 0 unspecified atom stereocenters. The molecule has 0 spiro atoms. The van der Waals surface area contributed by atoms with Gasteiger partial charge >= 0.3 is 0 Å². The summed E-state index contributed by atoms with van der Waals surface area (Å²) < 4.78 is 0. The first-order valence-electron chi connectivity index (χ1n) is 5.81. The molecule has 3 rings (SSSR count). The molecule has 0 amide bonds. The summed E-state index contributed by atoms with van der Waals surface area (Å²) in [5.74, 6) is 0. The van der Waals surface area contributed by atoms with E-state index in [0.717, 1.165) is 11.4 Å². The molecule has 0 aliphatic heterocycles. The average Bonchev–Trinajstić information content (AvgIpc) is 2.87. The van der Waals surface area contributed by atoms with Crippen molar-refractivity contribution in [2.75, 3.05) is 0 Å². The number of benzene rings is 2. The van der Waals surface area contributed by atoms with Gasteiger partial charge in [0.25, 0.3) is 0 Å². The van der Waals surface area contributed by atoms with Crippen molar-refractivity contribution in [1.82, 2.24) is 4.98 Å². The molecule has 17 heavy (non-hydrogen) atoms. The number of nitrogens with zero attached hydrogens (tertiary/aromatic N) is 1. The van der Waals surface area contributed by atoms with Crippen LogP contribution in [0.5, 0.6) is 0 Å². The Morgan fingerprint density at radius 2 is 1.88 bits per heavy atom. The smallest absolute Gasteiger partial charge is 0.124 e. The number of aryl methyl sites for hydroxylation is 1. The van der Waals surface area contributed by atoms with Crippen molar-refractivity contribution in [3.63, 3.8) is 0 Å². The first-order valence-corrected chi connectivity index (χ1v) is 6.63. The summed E-state index contributed by atoms with van der Waals surface area (Å²) in [6.45, 7) is 2.17. The van der Waals surface area contributed by atoms with E-state index < -0.39 is 0 Å². The second-order valence-corrected chi connectivity index (χ2v) is 5.13. The highest BCUT2D eigenvalue weighted by atomic mass is 32.1. The van der Waals surface area contributed by atoms with E-state index in [9.17, 15) is 0 Å². The first-order chi connectivity index (χ1) is 8.38. The van der Waals surface area contributed by atoms with Gasteiger partial charge in [0.05, 0.1) is 0 Å². The van der Waals surface area contributed by atoms with Gasteiger partial charge in [-0.3, -0.25) is 0 Å². The van der Waals surface area contributed by atoms with Gasteiger partial charge in [0, 0.05) is 16.6 Å². The van der Waals surface area contributed by atoms with Crippen molar-refractivity contribution in [1.29, 1.82) is 0 Å². The predicted octanol–water partition coefficient (Wildman–Crippen LogP) is 4.53. The van der Waals surface area contributed by atoms with Crippen molar-refractivity contribution < 1.29 is 0 Å². The van der Waals surface area contributed by atoms with Gasteiger partial charge in [-0.25, -0.2) is 4.98 Å². The summed E-state index contributed by atoms with van der Waals surface area (Å²) in [6, 6.07) is 14.9. The van der Waals surface area contributed by atoms with E-state index in [1.54, 1.807) is 11.3 Å². The second-order valence-electron chi connectivity index (χ2n) is 4.01. The van der Waals surface area contributed by atoms with Gasteiger partial charge in [0.2, 0.25) is 0 Å². The number of fused-ring (bicyclic) bond motifs is 1. The van der Waals surface area contributed by atoms with Crippen molar-refractivity contribution in [3.05, 3.63) is 53.5 Å². The Kier molecular flexibility index (Phi) is 2.65. The third kappa shape index (κ3) is 1.85. The average molecular weight is 239 g/mol. The normalized spacial score (nSPS) is 10.9. The third-order valence-electron chi connectivity index (χ3n) is 2.92. The van der Waals surface area contributed by atoms with Crippen LogP contribution in [0.2, 0.25) is 0 Å². The van der Waals surface area contributed by atoms with Crippen LogP contribution < -0.4 is 0 Å². The molecule has 0 saturated heterocycles. The summed E-state index contributed by atoms with van der Waals surface area (Å²) >= 11 is 1.79. The van der Waals surface area contributed by atoms with Crippen molar-refractivity contribution in [3.8, 4) is 10.6 Å². The lowest BCUT2D eigenvalue weighted by Crippen LogP contribution is -1.78. The van der Waals surface area contributed by atoms with Crippen molar-refractivity contribution in [2.45, 2.75) is 13.3 Å². The summed E-state index contributed by atoms with van der Waals surface area (Å²) in [5, 5.41) is 3.68. The molecule has 0 radical (unpaired) electrons. The highest BCUT2D eigenvalue weighted by molar-refractivity contribution is 7.15. The molecule has 84 valence electrons. The fraction of sp³-hybridized carbons (Fsp3) is 0.133. The Labute approximate surface area is 105 Å². The number of hydrogen-bond acceptors (Lipinski definition) is 2. The molecular formula is C15H13NS. The Morgan fingerprint density at radius 3 is 2.71 bits per heavy atom. The van der Waals surface area contributed by atoms with E-state index in [-0.39, 0.29) is 0 Å². The molecule has 0 N–H and O–H groups in total. The zero-order chi connectivity index (χ0) is 11.7. The topological polar surface area (TPSA) is 12.9 Å². The van der Waals surface area contributed by atoms with E-state index in [2.05, 4.69) is 54.4 Å². The molecule has 3 aromatic rings. The van der Waals surface area contributed by atoms with Gasteiger partial charge in [-0.2, -0.15) is 0 Å². The molecule has 1 heterocycles. The molecule has 1 aromatic heterocycles. The van der Waals surface area contributed by atoms with Crippen LogP contribution in [0, 0.1) is 0 Å². The highest BCUT2D eigenvalue weighted by Crippen LogP contribution is 2.31. The SMILES string of the molecule is CCc1cnc(-c2cccc3ccccc23)s1. The third-order valence-corrected chi connectivity index (χ3v) is 4.10. The Hall–Kier alpha value is -1.67. The maximum absolute atomic E-state index is 4.53. The molecule has 2 heteroatoms. The lowest BCUT2D eigenvalue weighted by Gasteiger charge is -2.02. The van der Waals surface area contributed by atoms with E-state index in [0.29, 0.717) is 0 Å². The summed E-state index contributed by atoms with van der Waals surface area (Å²) in [7, 11) is 0. The van der Waals surface area contributed by atoms with Crippen LogP contribution in [-0.2, 0) is 6.42 Å². The van der Waals surface area contributed by atoms with E-state index in [1.165, 1.54) is 21.2 Å². The molecule has 0 fully saturated rings. The molecule has 0 atom stereocenters. The molecule has 1 nitrogen and oxygen atoms in total. The molecule has 0 aliphatic carbocycles.